The van der Waals surface area contributed by atoms with Crippen molar-refractivity contribution in [3.63, 3.8) is 0 Å². The molecule has 7 nitrogen and oxygen atoms in total. The van der Waals surface area contributed by atoms with Gasteiger partial charge in [-0.05, 0) is 25.8 Å². The van der Waals surface area contributed by atoms with Crippen molar-refractivity contribution in [2.75, 3.05) is 13.1 Å². The van der Waals surface area contributed by atoms with E-state index < -0.39 is 18.0 Å². The number of amides is 1. The molecule has 0 bridgehead atoms. The van der Waals surface area contributed by atoms with Crippen LogP contribution in [0.25, 0.3) is 0 Å². The van der Waals surface area contributed by atoms with E-state index in [1.807, 2.05) is 0 Å². The van der Waals surface area contributed by atoms with Gasteiger partial charge in [-0.2, -0.15) is 0 Å². The molecule has 2 atom stereocenters. The SMILES string of the molecule is O=C(O)CC[C@H](NC(=O)[C@@H]1CCCNC1)C(=O)O. The Bertz CT molecular complexity index is 325. The highest BCUT2D eigenvalue weighted by Gasteiger charge is 2.26. The second kappa shape index (κ2) is 6.95. The molecule has 1 amide bonds. The van der Waals surface area contributed by atoms with Crippen molar-refractivity contribution in [1.29, 1.82) is 0 Å². The Morgan fingerprint density at radius 1 is 1.33 bits per heavy atom. The van der Waals surface area contributed by atoms with Crippen LogP contribution in [-0.2, 0) is 14.4 Å². The van der Waals surface area contributed by atoms with E-state index in [0.717, 1.165) is 19.4 Å². The molecule has 1 aliphatic heterocycles. The monoisotopic (exact) mass is 258 g/mol. The van der Waals surface area contributed by atoms with Gasteiger partial charge in [-0.25, -0.2) is 4.79 Å². The summed E-state index contributed by atoms with van der Waals surface area (Å²) in [5, 5.41) is 22.9. The molecule has 102 valence electrons. The Morgan fingerprint density at radius 2 is 2.06 bits per heavy atom. The van der Waals surface area contributed by atoms with Gasteiger partial charge in [0.1, 0.15) is 6.04 Å². The lowest BCUT2D eigenvalue weighted by atomic mass is 9.98. The maximum absolute atomic E-state index is 11.8. The Labute approximate surface area is 105 Å². The van der Waals surface area contributed by atoms with Gasteiger partial charge < -0.3 is 20.8 Å². The van der Waals surface area contributed by atoms with Crippen molar-refractivity contribution in [2.45, 2.75) is 31.7 Å². The molecule has 0 radical (unpaired) electrons. The highest BCUT2D eigenvalue weighted by molar-refractivity contribution is 5.85. The number of piperidine rings is 1. The van der Waals surface area contributed by atoms with Gasteiger partial charge in [0, 0.05) is 13.0 Å². The molecular weight excluding hydrogens is 240 g/mol. The van der Waals surface area contributed by atoms with Crippen LogP contribution in [0.3, 0.4) is 0 Å². The zero-order chi connectivity index (χ0) is 13.5. The fourth-order valence-electron chi connectivity index (χ4n) is 1.89. The molecule has 0 aliphatic carbocycles. The van der Waals surface area contributed by atoms with Crippen molar-refractivity contribution in [1.82, 2.24) is 10.6 Å². The Hall–Kier alpha value is -1.63. The van der Waals surface area contributed by atoms with Crippen molar-refractivity contribution in [3.05, 3.63) is 0 Å². The first-order chi connectivity index (χ1) is 8.50. The lowest BCUT2D eigenvalue weighted by Gasteiger charge is -2.23. The third-order valence-corrected chi connectivity index (χ3v) is 2.93. The van der Waals surface area contributed by atoms with Crippen LogP contribution in [0.1, 0.15) is 25.7 Å². The van der Waals surface area contributed by atoms with Gasteiger partial charge in [-0.3, -0.25) is 9.59 Å². The molecule has 0 aromatic carbocycles. The van der Waals surface area contributed by atoms with Gasteiger partial charge in [0.25, 0.3) is 0 Å². The van der Waals surface area contributed by atoms with Gasteiger partial charge in [0.15, 0.2) is 0 Å². The average molecular weight is 258 g/mol. The number of carboxylic acids is 2. The van der Waals surface area contributed by atoms with Crippen LogP contribution >= 0.6 is 0 Å². The Balaban J connectivity index is 2.46. The lowest BCUT2D eigenvalue weighted by molar-refractivity contribution is -0.143. The van der Waals surface area contributed by atoms with Gasteiger partial charge in [0.05, 0.1) is 5.92 Å². The van der Waals surface area contributed by atoms with Gasteiger partial charge in [-0.1, -0.05) is 0 Å². The molecule has 1 saturated heterocycles. The summed E-state index contributed by atoms with van der Waals surface area (Å²) < 4.78 is 0. The first-order valence-corrected chi connectivity index (χ1v) is 5.96. The predicted molar refractivity (Wildman–Crippen MR) is 62.0 cm³/mol. The van der Waals surface area contributed by atoms with Crippen molar-refractivity contribution in [2.24, 2.45) is 5.92 Å². The second-order valence-electron chi connectivity index (χ2n) is 4.38. The summed E-state index contributed by atoms with van der Waals surface area (Å²) in [6.07, 6.45) is 1.23. The third-order valence-electron chi connectivity index (χ3n) is 2.93. The van der Waals surface area contributed by atoms with Crippen LogP contribution in [0, 0.1) is 5.92 Å². The molecule has 1 rings (SSSR count). The van der Waals surface area contributed by atoms with E-state index in [1.54, 1.807) is 0 Å². The summed E-state index contributed by atoms with van der Waals surface area (Å²) >= 11 is 0. The summed E-state index contributed by atoms with van der Waals surface area (Å²) in [5.74, 6) is -2.83. The van der Waals surface area contributed by atoms with Crippen LogP contribution in [0.2, 0.25) is 0 Å². The maximum atomic E-state index is 11.8. The van der Waals surface area contributed by atoms with Crippen molar-refractivity contribution >= 4 is 17.8 Å². The van der Waals surface area contributed by atoms with Crippen LogP contribution in [0.5, 0.6) is 0 Å². The lowest BCUT2D eigenvalue weighted by Crippen LogP contribution is -2.47. The average Bonchev–Trinajstić information content (AvgIpc) is 2.34. The Kier molecular flexibility index (Phi) is 5.57. The van der Waals surface area contributed by atoms with Gasteiger partial charge in [-0.15, -0.1) is 0 Å². The minimum atomic E-state index is -1.20. The summed E-state index contributed by atoms with van der Waals surface area (Å²) in [4.78, 5) is 33.1. The van der Waals surface area contributed by atoms with Crippen molar-refractivity contribution in [3.8, 4) is 0 Å². The standard InChI is InChI=1S/C11H18N2O5/c14-9(15)4-3-8(11(17)18)13-10(16)7-2-1-5-12-6-7/h7-8,12H,1-6H2,(H,13,16)(H,14,15)(H,17,18)/t7-,8+/m1/s1. The first kappa shape index (κ1) is 14.4. The number of hydrogen-bond acceptors (Lipinski definition) is 4. The Morgan fingerprint density at radius 3 is 2.56 bits per heavy atom. The molecular formula is C11H18N2O5. The molecule has 7 heteroatoms. The predicted octanol–water partition coefficient (Wildman–Crippen LogP) is -0.580. The maximum Gasteiger partial charge on any atom is 0.326 e. The number of carbonyl (C=O) groups is 3. The van der Waals surface area contributed by atoms with E-state index >= 15 is 0 Å². The first-order valence-electron chi connectivity index (χ1n) is 5.96. The zero-order valence-electron chi connectivity index (χ0n) is 10.0. The fourth-order valence-corrected chi connectivity index (χ4v) is 1.89. The van der Waals surface area contributed by atoms with E-state index in [1.165, 1.54) is 0 Å². The fraction of sp³-hybridized carbons (Fsp3) is 0.727. The van der Waals surface area contributed by atoms with Gasteiger partial charge in [0.2, 0.25) is 5.91 Å². The zero-order valence-corrected chi connectivity index (χ0v) is 10.0. The number of rotatable bonds is 6. The molecule has 0 unspecified atom stereocenters. The molecule has 0 spiro atoms. The summed E-state index contributed by atoms with van der Waals surface area (Å²) in [6.45, 7) is 1.41. The van der Waals surface area contributed by atoms with Crippen LogP contribution < -0.4 is 10.6 Å². The van der Waals surface area contributed by atoms with E-state index in [2.05, 4.69) is 10.6 Å². The van der Waals surface area contributed by atoms with Gasteiger partial charge >= 0.3 is 11.9 Å². The number of hydrogen-bond donors (Lipinski definition) is 4. The van der Waals surface area contributed by atoms with Crippen LogP contribution in [0.15, 0.2) is 0 Å². The number of carboxylic acid groups (broad SMARTS) is 2. The third kappa shape index (κ3) is 4.70. The second-order valence-corrected chi connectivity index (χ2v) is 4.38. The van der Waals surface area contributed by atoms with Crippen LogP contribution in [0.4, 0.5) is 0 Å². The van der Waals surface area contributed by atoms with E-state index in [9.17, 15) is 14.4 Å². The molecule has 1 aliphatic rings. The minimum absolute atomic E-state index is 0.101. The molecule has 0 saturated carbocycles. The minimum Gasteiger partial charge on any atom is -0.481 e. The number of carbonyl (C=O) groups excluding carboxylic acids is 1. The summed E-state index contributed by atoms with van der Waals surface area (Å²) in [5.41, 5.74) is 0. The van der Waals surface area contributed by atoms with Crippen molar-refractivity contribution < 1.29 is 24.6 Å². The highest BCUT2D eigenvalue weighted by atomic mass is 16.4. The normalized spacial score (nSPS) is 21.0. The largest absolute Gasteiger partial charge is 0.481 e. The number of nitrogens with one attached hydrogen (secondary N) is 2. The molecule has 0 aromatic heterocycles. The summed E-state index contributed by atoms with van der Waals surface area (Å²) in [7, 11) is 0. The highest BCUT2D eigenvalue weighted by Crippen LogP contribution is 2.10. The quantitative estimate of drug-likeness (QED) is 0.506. The topological polar surface area (TPSA) is 116 Å². The molecule has 18 heavy (non-hydrogen) atoms. The van der Waals surface area contributed by atoms with E-state index in [0.29, 0.717) is 6.54 Å². The van der Waals surface area contributed by atoms with Crippen LogP contribution in [-0.4, -0.2) is 47.2 Å². The molecule has 4 N–H and O–H groups in total. The number of aliphatic carboxylic acids is 2. The smallest absolute Gasteiger partial charge is 0.326 e. The molecule has 1 fully saturated rings. The van der Waals surface area contributed by atoms with E-state index in [-0.39, 0.29) is 24.7 Å². The molecule has 1 heterocycles. The molecule has 0 aromatic rings. The van der Waals surface area contributed by atoms with E-state index in [4.69, 9.17) is 10.2 Å². The summed E-state index contributed by atoms with van der Waals surface area (Å²) in [6, 6.07) is -1.13.